The number of urea groups is 1. The van der Waals surface area contributed by atoms with E-state index in [1.54, 1.807) is 16.4 Å². The third kappa shape index (κ3) is 5.28. The number of carbonyl (C=O) groups is 1. The zero-order chi connectivity index (χ0) is 17.5. The van der Waals surface area contributed by atoms with Gasteiger partial charge in [0.05, 0.1) is 12.2 Å². The van der Waals surface area contributed by atoms with Crippen molar-refractivity contribution in [2.75, 3.05) is 26.9 Å². The molecule has 7 heteroatoms. The lowest BCUT2D eigenvalue weighted by Gasteiger charge is -2.23. The van der Waals surface area contributed by atoms with E-state index in [9.17, 15) is 4.79 Å². The molecular formula is C17H25N5OS. The maximum Gasteiger partial charge on any atom is 0.315 e. The highest BCUT2D eigenvalue weighted by molar-refractivity contribution is 7.98. The van der Waals surface area contributed by atoms with Gasteiger partial charge in [0.2, 0.25) is 0 Å². The predicted octanol–water partition coefficient (Wildman–Crippen LogP) is 2.24. The minimum absolute atomic E-state index is 0.0883. The highest BCUT2D eigenvalue weighted by Gasteiger charge is 2.16. The molecule has 0 fully saturated rings. The smallest absolute Gasteiger partial charge is 0.315 e. The zero-order valence-corrected chi connectivity index (χ0v) is 15.4. The van der Waals surface area contributed by atoms with Gasteiger partial charge < -0.3 is 15.5 Å². The molecule has 0 saturated carbocycles. The van der Waals surface area contributed by atoms with Gasteiger partial charge in [-0.05, 0) is 38.0 Å². The number of aromatic nitrogens is 2. The molecule has 24 heavy (non-hydrogen) atoms. The lowest BCUT2D eigenvalue weighted by Crippen LogP contribution is -2.40. The van der Waals surface area contributed by atoms with E-state index in [-0.39, 0.29) is 12.1 Å². The van der Waals surface area contributed by atoms with Crippen LogP contribution in [0.25, 0.3) is 0 Å². The van der Waals surface area contributed by atoms with Crippen LogP contribution in [0.3, 0.4) is 0 Å². The van der Waals surface area contributed by atoms with Crippen LogP contribution in [-0.4, -0.2) is 47.6 Å². The Morgan fingerprint density at radius 2 is 2.00 bits per heavy atom. The Bertz CT molecular complexity index is 653. The van der Waals surface area contributed by atoms with Gasteiger partial charge in [0.25, 0.3) is 0 Å². The molecule has 2 rings (SSSR count). The Hall–Kier alpha value is -1.99. The maximum atomic E-state index is 12.0. The number of likely N-dealkylation sites (N-methyl/N-ethyl adjacent to an activating group) is 1. The average Bonchev–Trinajstić information content (AvgIpc) is 2.99. The SMILES string of the molecule is CSc1ccc(CNC(=O)NCC(c2cnn(C)c2)N(C)C)cc1. The molecule has 0 aliphatic carbocycles. The van der Waals surface area contributed by atoms with Crippen LogP contribution in [0.5, 0.6) is 0 Å². The Labute approximate surface area is 147 Å². The van der Waals surface area contributed by atoms with Gasteiger partial charge in [0.1, 0.15) is 0 Å². The van der Waals surface area contributed by atoms with Gasteiger partial charge >= 0.3 is 6.03 Å². The number of amides is 2. The first-order valence-electron chi connectivity index (χ1n) is 7.79. The first-order valence-corrected chi connectivity index (χ1v) is 9.01. The Kier molecular flexibility index (Phi) is 6.69. The van der Waals surface area contributed by atoms with Crippen LogP contribution in [-0.2, 0) is 13.6 Å². The third-order valence-corrected chi connectivity index (χ3v) is 4.54. The van der Waals surface area contributed by atoms with E-state index in [0.29, 0.717) is 13.1 Å². The van der Waals surface area contributed by atoms with Gasteiger partial charge in [-0.1, -0.05) is 12.1 Å². The van der Waals surface area contributed by atoms with Crippen LogP contribution < -0.4 is 10.6 Å². The molecule has 0 bridgehead atoms. The summed E-state index contributed by atoms with van der Waals surface area (Å²) in [4.78, 5) is 15.3. The van der Waals surface area contributed by atoms with E-state index in [1.807, 2.05) is 51.9 Å². The number of nitrogens with zero attached hydrogens (tertiary/aromatic N) is 3. The monoisotopic (exact) mass is 347 g/mol. The van der Waals surface area contributed by atoms with Crippen molar-refractivity contribution in [1.82, 2.24) is 25.3 Å². The quantitative estimate of drug-likeness (QED) is 0.754. The highest BCUT2D eigenvalue weighted by Crippen LogP contribution is 2.16. The van der Waals surface area contributed by atoms with Crippen molar-refractivity contribution in [1.29, 1.82) is 0 Å². The number of benzene rings is 1. The van der Waals surface area contributed by atoms with Gasteiger partial charge in [-0.3, -0.25) is 4.68 Å². The summed E-state index contributed by atoms with van der Waals surface area (Å²) in [5, 5.41) is 10.0. The topological polar surface area (TPSA) is 62.2 Å². The van der Waals surface area contributed by atoms with E-state index in [0.717, 1.165) is 11.1 Å². The summed E-state index contributed by atoms with van der Waals surface area (Å²) in [5.74, 6) is 0. The van der Waals surface area contributed by atoms with Crippen LogP contribution >= 0.6 is 11.8 Å². The van der Waals surface area contributed by atoms with Crippen LogP contribution in [0.4, 0.5) is 4.79 Å². The van der Waals surface area contributed by atoms with Crippen LogP contribution in [0.15, 0.2) is 41.6 Å². The zero-order valence-electron chi connectivity index (χ0n) is 14.6. The summed E-state index contributed by atoms with van der Waals surface area (Å²) in [6.07, 6.45) is 5.85. The first kappa shape index (κ1) is 18.4. The number of nitrogens with one attached hydrogen (secondary N) is 2. The summed E-state index contributed by atoms with van der Waals surface area (Å²) >= 11 is 1.70. The highest BCUT2D eigenvalue weighted by atomic mass is 32.2. The van der Waals surface area contributed by atoms with Crippen molar-refractivity contribution < 1.29 is 4.79 Å². The minimum Gasteiger partial charge on any atom is -0.336 e. The number of carbonyl (C=O) groups excluding carboxylic acids is 1. The average molecular weight is 347 g/mol. The van der Waals surface area contributed by atoms with E-state index in [2.05, 4.69) is 32.8 Å². The van der Waals surface area contributed by atoms with E-state index in [4.69, 9.17) is 0 Å². The lowest BCUT2D eigenvalue weighted by atomic mass is 10.1. The number of aryl methyl sites for hydroxylation is 1. The van der Waals surface area contributed by atoms with Gasteiger partial charge in [0.15, 0.2) is 0 Å². The number of hydrogen-bond acceptors (Lipinski definition) is 4. The molecule has 2 N–H and O–H groups in total. The third-order valence-electron chi connectivity index (χ3n) is 3.80. The summed E-state index contributed by atoms with van der Waals surface area (Å²) in [5.41, 5.74) is 2.16. The van der Waals surface area contributed by atoms with E-state index in [1.165, 1.54) is 4.90 Å². The van der Waals surface area contributed by atoms with Crippen molar-refractivity contribution in [3.8, 4) is 0 Å². The van der Waals surface area contributed by atoms with Crippen LogP contribution in [0.2, 0.25) is 0 Å². The minimum atomic E-state index is -0.167. The molecule has 0 spiro atoms. The van der Waals surface area contributed by atoms with Gasteiger partial charge in [0, 0.05) is 36.8 Å². The molecule has 0 aliphatic rings. The van der Waals surface area contributed by atoms with E-state index < -0.39 is 0 Å². The Morgan fingerprint density at radius 3 is 2.54 bits per heavy atom. The van der Waals surface area contributed by atoms with Gasteiger partial charge in [-0.15, -0.1) is 11.8 Å². The Balaban J connectivity index is 1.82. The second kappa shape index (κ2) is 8.75. The molecule has 0 radical (unpaired) electrons. The lowest BCUT2D eigenvalue weighted by molar-refractivity contribution is 0.232. The molecule has 6 nitrogen and oxygen atoms in total. The predicted molar refractivity (Wildman–Crippen MR) is 98.1 cm³/mol. The number of rotatable bonds is 7. The fourth-order valence-corrected chi connectivity index (χ4v) is 2.80. The number of thioether (sulfide) groups is 1. The molecule has 0 aliphatic heterocycles. The molecule has 1 atom stereocenters. The molecule has 1 aromatic carbocycles. The summed E-state index contributed by atoms with van der Waals surface area (Å²) in [6.45, 7) is 1.04. The Morgan fingerprint density at radius 1 is 1.29 bits per heavy atom. The van der Waals surface area contributed by atoms with Crippen molar-refractivity contribution in [3.05, 3.63) is 47.8 Å². The second-order valence-electron chi connectivity index (χ2n) is 5.84. The van der Waals surface area contributed by atoms with Crippen molar-refractivity contribution in [3.63, 3.8) is 0 Å². The molecule has 1 aromatic heterocycles. The standard InChI is InChI=1S/C17H25N5OS/c1-21(2)16(14-10-20-22(3)12-14)11-19-17(23)18-9-13-5-7-15(24-4)8-6-13/h5-8,10,12,16H,9,11H2,1-4H3,(H2,18,19,23). The number of hydrogen-bond donors (Lipinski definition) is 2. The summed E-state index contributed by atoms with van der Waals surface area (Å²) < 4.78 is 1.77. The largest absolute Gasteiger partial charge is 0.336 e. The van der Waals surface area contributed by atoms with Crippen molar-refractivity contribution in [2.24, 2.45) is 7.05 Å². The normalized spacial score (nSPS) is 12.2. The summed E-state index contributed by atoms with van der Waals surface area (Å²) in [7, 11) is 5.87. The molecule has 0 saturated heterocycles. The second-order valence-corrected chi connectivity index (χ2v) is 6.72. The van der Waals surface area contributed by atoms with Crippen molar-refractivity contribution >= 4 is 17.8 Å². The first-order chi connectivity index (χ1) is 11.5. The molecule has 2 amide bonds. The molecule has 130 valence electrons. The van der Waals surface area contributed by atoms with Crippen LogP contribution in [0, 0.1) is 0 Å². The molecule has 1 unspecified atom stereocenters. The molecular weight excluding hydrogens is 322 g/mol. The summed E-state index contributed by atoms with van der Waals surface area (Å²) in [6, 6.07) is 8.10. The van der Waals surface area contributed by atoms with Gasteiger partial charge in [-0.2, -0.15) is 5.10 Å². The maximum absolute atomic E-state index is 12.0. The van der Waals surface area contributed by atoms with Crippen LogP contribution in [0.1, 0.15) is 17.2 Å². The fraction of sp³-hybridized carbons (Fsp3) is 0.412. The fourth-order valence-electron chi connectivity index (χ4n) is 2.39. The van der Waals surface area contributed by atoms with E-state index >= 15 is 0 Å². The van der Waals surface area contributed by atoms with Gasteiger partial charge in [-0.25, -0.2) is 4.79 Å². The van der Waals surface area contributed by atoms with Crippen molar-refractivity contribution in [2.45, 2.75) is 17.5 Å². The molecule has 1 heterocycles. The molecule has 2 aromatic rings.